The fourth-order valence-corrected chi connectivity index (χ4v) is 3.01. The number of nitrogens with zero attached hydrogens (tertiary/aromatic N) is 3. The fourth-order valence-electron chi connectivity index (χ4n) is 3.01. The smallest absolute Gasteiger partial charge is 0.255 e. The molecule has 1 amide bonds. The Labute approximate surface area is 149 Å². The largest absolute Gasteiger partial charge is 0.380 e. The van der Waals surface area contributed by atoms with E-state index in [1.165, 1.54) is 11.1 Å². The van der Waals surface area contributed by atoms with Gasteiger partial charge in [-0.25, -0.2) is 0 Å². The molecule has 3 rings (SSSR count). The van der Waals surface area contributed by atoms with Crippen molar-refractivity contribution in [3.63, 3.8) is 0 Å². The molecule has 1 aromatic carbocycles. The number of piperazine rings is 1. The van der Waals surface area contributed by atoms with Crippen LogP contribution in [0, 0.1) is 6.92 Å². The summed E-state index contributed by atoms with van der Waals surface area (Å²) in [6.07, 6.45) is 3.42. The molecule has 2 aromatic rings. The molecule has 0 saturated carbocycles. The molecule has 132 valence electrons. The van der Waals surface area contributed by atoms with Gasteiger partial charge in [0.15, 0.2) is 0 Å². The van der Waals surface area contributed by atoms with Crippen LogP contribution in [0.4, 0.5) is 5.69 Å². The highest BCUT2D eigenvalue weighted by molar-refractivity contribution is 5.94. The maximum absolute atomic E-state index is 12.7. The maximum atomic E-state index is 12.7. The van der Waals surface area contributed by atoms with Gasteiger partial charge in [0.1, 0.15) is 0 Å². The highest BCUT2D eigenvalue weighted by Crippen LogP contribution is 2.14. The van der Waals surface area contributed by atoms with Crippen molar-refractivity contribution >= 4 is 11.6 Å². The Balaban J connectivity index is 1.61. The first-order chi connectivity index (χ1) is 12.2. The molecule has 1 aliphatic rings. The van der Waals surface area contributed by atoms with Crippen molar-refractivity contribution < 1.29 is 4.79 Å². The number of carbonyl (C=O) groups is 1. The van der Waals surface area contributed by atoms with E-state index in [-0.39, 0.29) is 5.91 Å². The van der Waals surface area contributed by atoms with Crippen LogP contribution >= 0.6 is 0 Å². The Hall–Kier alpha value is -2.40. The molecule has 1 fully saturated rings. The molecule has 1 N–H and O–H groups in total. The van der Waals surface area contributed by atoms with Crippen LogP contribution in [0.5, 0.6) is 0 Å². The van der Waals surface area contributed by atoms with Gasteiger partial charge in [-0.2, -0.15) is 0 Å². The summed E-state index contributed by atoms with van der Waals surface area (Å²) in [4.78, 5) is 21.2. The topological polar surface area (TPSA) is 48.5 Å². The van der Waals surface area contributed by atoms with E-state index in [0.717, 1.165) is 45.0 Å². The zero-order valence-corrected chi connectivity index (χ0v) is 15.0. The van der Waals surface area contributed by atoms with Crippen LogP contribution in [0.15, 0.2) is 42.7 Å². The van der Waals surface area contributed by atoms with Crippen LogP contribution in [0.25, 0.3) is 0 Å². The van der Waals surface area contributed by atoms with Gasteiger partial charge in [-0.3, -0.25) is 9.78 Å². The predicted molar refractivity (Wildman–Crippen MR) is 101 cm³/mol. The summed E-state index contributed by atoms with van der Waals surface area (Å²) in [7, 11) is 0. The molecule has 0 spiro atoms. The minimum absolute atomic E-state index is 0.0715. The molecule has 25 heavy (non-hydrogen) atoms. The van der Waals surface area contributed by atoms with Gasteiger partial charge < -0.3 is 15.1 Å². The molecule has 0 bridgehead atoms. The monoisotopic (exact) mass is 338 g/mol. The summed E-state index contributed by atoms with van der Waals surface area (Å²) in [6, 6.07) is 10.3. The zero-order chi connectivity index (χ0) is 17.6. The number of nitrogens with one attached hydrogen (secondary N) is 1. The minimum atomic E-state index is 0.0715. The van der Waals surface area contributed by atoms with Crippen molar-refractivity contribution in [2.75, 3.05) is 38.0 Å². The van der Waals surface area contributed by atoms with Gasteiger partial charge >= 0.3 is 0 Å². The van der Waals surface area contributed by atoms with Crippen LogP contribution in [0.1, 0.15) is 28.4 Å². The Morgan fingerprint density at radius 2 is 1.84 bits per heavy atom. The van der Waals surface area contributed by atoms with E-state index in [9.17, 15) is 4.79 Å². The third-order valence-corrected chi connectivity index (χ3v) is 4.71. The van der Waals surface area contributed by atoms with Gasteiger partial charge in [-0.1, -0.05) is 36.8 Å². The van der Waals surface area contributed by atoms with Crippen molar-refractivity contribution in [1.29, 1.82) is 0 Å². The summed E-state index contributed by atoms with van der Waals surface area (Å²) in [5.74, 6) is 0.0715. The van der Waals surface area contributed by atoms with E-state index in [1.807, 2.05) is 11.0 Å². The lowest BCUT2D eigenvalue weighted by Crippen LogP contribution is -2.48. The van der Waals surface area contributed by atoms with Crippen molar-refractivity contribution in [3.8, 4) is 0 Å². The number of amides is 1. The van der Waals surface area contributed by atoms with Crippen molar-refractivity contribution in [1.82, 2.24) is 14.8 Å². The van der Waals surface area contributed by atoms with Crippen molar-refractivity contribution in [3.05, 3.63) is 59.4 Å². The van der Waals surface area contributed by atoms with E-state index in [0.29, 0.717) is 5.56 Å². The zero-order valence-electron chi connectivity index (χ0n) is 15.0. The molecule has 5 heteroatoms. The van der Waals surface area contributed by atoms with E-state index in [1.54, 1.807) is 12.4 Å². The van der Waals surface area contributed by atoms with Gasteiger partial charge in [0, 0.05) is 45.1 Å². The molecule has 0 radical (unpaired) electrons. The molecule has 1 saturated heterocycles. The van der Waals surface area contributed by atoms with Crippen LogP contribution in [0.2, 0.25) is 0 Å². The summed E-state index contributed by atoms with van der Waals surface area (Å²) >= 11 is 0. The molecule has 0 atom stereocenters. The van der Waals surface area contributed by atoms with Gasteiger partial charge in [-0.15, -0.1) is 0 Å². The van der Waals surface area contributed by atoms with Crippen LogP contribution < -0.4 is 5.32 Å². The minimum Gasteiger partial charge on any atom is -0.380 e. The fraction of sp³-hybridized carbons (Fsp3) is 0.400. The average molecular weight is 338 g/mol. The van der Waals surface area contributed by atoms with E-state index >= 15 is 0 Å². The number of hydrogen-bond donors (Lipinski definition) is 1. The first kappa shape index (κ1) is 17.4. The Bertz CT molecular complexity index is 706. The molecule has 5 nitrogen and oxygen atoms in total. The number of aryl methyl sites for hydroxylation is 1. The summed E-state index contributed by atoms with van der Waals surface area (Å²) in [6.45, 7) is 9.46. The van der Waals surface area contributed by atoms with Crippen molar-refractivity contribution in [2.45, 2.75) is 20.4 Å². The molecule has 0 aliphatic carbocycles. The summed E-state index contributed by atoms with van der Waals surface area (Å²) in [5.41, 5.74) is 3.98. The number of likely N-dealkylation sites (N-methyl/N-ethyl adjacent to an activating group) is 1. The number of aromatic nitrogens is 1. The Morgan fingerprint density at radius 1 is 1.12 bits per heavy atom. The molecular formula is C20H26N4O. The third kappa shape index (κ3) is 4.57. The van der Waals surface area contributed by atoms with E-state index in [2.05, 4.69) is 53.3 Å². The highest BCUT2D eigenvalue weighted by atomic mass is 16.2. The second kappa shape index (κ2) is 8.12. The molecule has 2 heterocycles. The van der Waals surface area contributed by atoms with Crippen molar-refractivity contribution in [2.24, 2.45) is 0 Å². The molecule has 1 aliphatic heterocycles. The van der Waals surface area contributed by atoms with Gasteiger partial charge in [0.25, 0.3) is 5.91 Å². The molecule has 0 unspecified atom stereocenters. The molecular weight excluding hydrogens is 312 g/mol. The Kier molecular flexibility index (Phi) is 5.66. The average Bonchev–Trinajstić information content (AvgIpc) is 2.67. The lowest BCUT2D eigenvalue weighted by molar-refractivity contribution is 0.0643. The summed E-state index contributed by atoms with van der Waals surface area (Å²) in [5, 5.41) is 3.35. The third-order valence-electron chi connectivity index (χ3n) is 4.71. The Morgan fingerprint density at radius 3 is 2.52 bits per heavy atom. The number of pyridine rings is 1. The van der Waals surface area contributed by atoms with Gasteiger partial charge in [-0.05, 0) is 25.1 Å². The first-order valence-electron chi connectivity index (χ1n) is 8.92. The second-order valence-electron chi connectivity index (χ2n) is 6.53. The standard InChI is InChI=1S/C20H26N4O/c1-3-23-8-10-24(11-9-23)20(25)18-12-19(15-21-14-18)22-13-17-6-4-16(2)5-7-17/h4-7,12,14-15,22H,3,8-11,13H2,1-2H3. The lowest BCUT2D eigenvalue weighted by Gasteiger charge is -2.34. The lowest BCUT2D eigenvalue weighted by atomic mass is 10.1. The van der Waals surface area contributed by atoms with Crippen LogP contribution in [-0.4, -0.2) is 53.4 Å². The molecule has 1 aromatic heterocycles. The number of hydrogen-bond acceptors (Lipinski definition) is 4. The normalized spacial score (nSPS) is 15.2. The highest BCUT2D eigenvalue weighted by Gasteiger charge is 2.21. The van der Waals surface area contributed by atoms with E-state index in [4.69, 9.17) is 0 Å². The number of rotatable bonds is 5. The quantitative estimate of drug-likeness (QED) is 0.911. The number of carbonyl (C=O) groups excluding carboxylic acids is 1. The van der Waals surface area contributed by atoms with E-state index < -0.39 is 0 Å². The van der Waals surface area contributed by atoms with Crippen LogP contribution in [0.3, 0.4) is 0 Å². The first-order valence-corrected chi connectivity index (χ1v) is 8.92. The summed E-state index contributed by atoms with van der Waals surface area (Å²) < 4.78 is 0. The second-order valence-corrected chi connectivity index (χ2v) is 6.53. The van der Waals surface area contributed by atoms with Crippen LogP contribution in [-0.2, 0) is 6.54 Å². The SMILES string of the molecule is CCN1CCN(C(=O)c2cncc(NCc3ccc(C)cc3)c2)CC1. The predicted octanol–water partition coefficient (Wildman–Crippen LogP) is 2.78. The maximum Gasteiger partial charge on any atom is 0.255 e. The number of benzene rings is 1. The number of anilines is 1. The van der Waals surface area contributed by atoms with Gasteiger partial charge in [0.05, 0.1) is 11.3 Å². The van der Waals surface area contributed by atoms with Gasteiger partial charge in [0.2, 0.25) is 0 Å².